The molecule has 0 spiro atoms. The largest absolute Gasteiger partial charge is 0.497 e. The second-order valence-electron chi connectivity index (χ2n) is 6.70. The van der Waals surface area contributed by atoms with Gasteiger partial charge in [-0.05, 0) is 36.5 Å². The molecule has 2 amide bonds. The fourth-order valence-electron chi connectivity index (χ4n) is 3.43. The van der Waals surface area contributed by atoms with Crippen molar-refractivity contribution in [3.8, 4) is 5.75 Å². The molecule has 0 bridgehead atoms. The Hall–Kier alpha value is -3.04. The van der Waals surface area contributed by atoms with E-state index < -0.39 is 5.91 Å². The molecule has 1 aromatic heterocycles. The van der Waals surface area contributed by atoms with Crippen LogP contribution in [0.2, 0.25) is 0 Å². The zero-order valence-electron chi connectivity index (χ0n) is 16.1. The van der Waals surface area contributed by atoms with Gasteiger partial charge in [-0.2, -0.15) is 0 Å². The number of nitrogens with one attached hydrogen (secondary N) is 1. The lowest BCUT2D eigenvalue weighted by Gasteiger charge is -2.29. The summed E-state index contributed by atoms with van der Waals surface area (Å²) in [5.41, 5.74) is 1.69. The van der Waals surface area contributed by atoms with Crippen molar-refractivity contribution in [2.75, 3.05) is 38.3 Å². The molecule has 3 heterocycles. The molecular formula is C20H20N4O4S. The molecule has 2 saturated heterocycles. The first-order valence-electron chi connectivity index (χ1n) is 9.17. The molecule has 29 heavy (non-hydrogen) atoms. The minimum Gasteiger partial charge on any atom is -0.497 e. The van der Waals surface area contributed by atoms with Crippen LogP contribution in [0.5, 0.6) is 5.75 Å². The summed E-state index contributed by atoms with van der Waals surface area (Å²) >= 11 is 5.13. The minimum atomic E-state index is -0.409. The van der Waals surface area contributed by atoms with Crippen LogP contribution >= 0.6 is 12.2 Å². The van der Waals surface area contributed by atoms with Gasteiger partial charge in [-0.3, -0.25) is 19.8 Å². The standard InChI is InChI=1S/C20H20N4O4S/c1-12(25)24-17(19(26)22-20(24)29)10-14-9-13-3-4-15(27-2)11-16(13)21-18(14)23-5-7-28-8-6-23/h3-4,9-11H,5-8H2,1-2H3,(H,22,26,29)/b17-10-. The number of amides is 2. The van der Waals surface area contributed by atoms with Crippen molar-refractivity contribution < 1.29 is 19.1 Å². The molecule has 2 fully saturated rings. The Morgan fingerprint density at radius 2 is 2.07 bits per heavy atom. The van der Waals surface area contributed by atoms with Crippen LogP contribution < -0.4 is 15.0 Å². The van der Waals surface area contributed by atoms with Crippen LogP contribution in [0.4, 0.5) is 5.82 Å². The third-order valence-corrected chi connectivity index (χ3v) is 5.13. The van der Waals surface area contributed by atoms with E-state index in [1.54, 1.807) is 13.2 Å². The van der Waals surface area contributed by atoms with E-state index >= 15 is 0 Å². The highest BCUT2D eigenvalue weighted by Crippen LogP contribution is 2.30. The third-order valence-electron chi connectivity index (χ3n) is 4.85. The number of fused-ring (bicyclic) bond motifs is 1. The number of morpholine rings is 1. The van der Waals surface area contributed by atoms with Gasteiger partial charge in [-0.25, -0.2) is 4.98 Å². The van der Waals surface area contributed by atoms with Crippen molar-refractivity contribution in [3.63, 3.8) is 0 Å². The van der Waals surface area contributed by atoms with E-state index in [1.807, 2.05) is 24.3 Å². The van der Waals surface area contributed by atoms with Gasteiger partial charge >= 0.3 is 0 Å². The number of nitrogens with zero attached hydrogens (tertiary/aromatic N) is 3. The number of anilines is 1. The Morgan fingerprint density at radius 1 is 1.31 bits per heavy atom. The lowest BCUT2D eigenvalue weighted by molar-refractivity contribution is -0.125. The molecule has 0 atom stereocenters. The number of ether oxygens (including phenoxy) is 2. The monoisotopic (exact) mass is 412 g/mol. The quantitative estimate of drug-likeness (QED) is 0.607. The van der Waals surface area contributed by atoms with Gasteiger partial charge in [0.2, 0.25) is 5.91 Å². The minimum absolute atomic E-state index is 0.0835. The highest BCUT2D eigenvalue weighted by atomic mass is 32.1. The molecule has 2 aliphatic rings. The fourth-order valence-corrected chi connectivity index (χ4v) is 3.75. The third kappa shape index (κ3) is 3.66. The van der Waals surface area contributed by atoms with E-state index in [9.17, 15) is 9.59 Å². The zero-order valence-corrected chi connectivity index (χ0v) is 16.9. The number of hydrogen-bond donors (Lipinski definition) is 1. The van der Waals surface area contributed by atoms with Gasteiger partial charge in [0.15, 0.2) is 5.11 Å². The topological polar surface area (TPSA) is 84.0 Å². The number of thiocarbonyl (C=S) groups is 1. The summed E-state index contributed by atoms with van der Waals surface area (Å²) in [5, 5.41) is 3.51. The van der Waals surface area contributed by atoms with Gasteiger partial charge in [-0.1, -0.05) is 0 Å². The second-order valence-corrected chi connectivity index (χ2v) is 7.09. The van der Waals surface area contributed by atoms with Gasteiger partial charge in [0.1, 0.15) is 17.3 Å². The van der Waals surface area contributed by atoms with Crippen LogP contribution in [-0.2, 0) is 14.3 Å². The molecular weight excluding hydrogens is 392 g/mol. The number of carbonyl (C=O) groups excluding carboxylic acids is 2. The van der Waals surface area contributed by atoms with Crippen LogP contribution in [0, 0.1) is 0 Å². The van der Waals surface area contributed by atoms with E-state index in [2.05, 4.69) is 10.2 Å². The first-order chi connectivity index (χ1) is 14.0. The normalized spacial score (nSPS) is 18.5. The summed E-state index contributed by atoms with van der Waals surface area (Å²) in [6, 6.07) is 7.59. The van der Waals surface area contributed by atoms with Gasteiger partial charge in [0.25, 0.3) is 5.91 Å². The maximum Gasteiger partial charge on any atom is 0.274 e. The number of pyridine rings is 1. The van der Waals surface area contributed by atoms with E-state index in [4.69, 9.17) is 26.7 Å². The van der Waals surface area contributed by atoms with Crippen LogP contribution in [0.25, 0.3) is 17.0 Å². The van der Waals surface area contributed by atoms with Crippen LogP contribution in [-0.4, -0.2) is 60.2 Å². The first-order valence-corrected chi connectivity index (χ1v) is 9.58. The number of aromatic nitrogens is 1. The second kappa shape index (κ2) is 7.76. The van der Waals surface area contributed by atoms with Crippen molar-refractivity contribution in [3.05, 3.63) is 35.5 Å². The van der Waals surface area contributed by atoms with Crippen molar-refractivity contribution >= 4 is 51.9 Å². The molecule has 4 rings (SSSR count). The Bertz CT molecular complexity index is 1050. The van der Waals surface area contributed by atoms with Crippen molar-refractivity contribution in [2.45, 2.75) is 6.92 Å². The van der Waals surface area contributed by atoms with E-state index in [0.717, 1.165) is 22.3 Å². The van der Waals surface area contributed by atoms with Crippen molar-refractivity contribution in [1.29, 1.82) is 0 Å². The molecule has 150 valence electrons. The fraction of sp³-hybridized carbons (Fsp3) is 0.300. The number of methoxy groups -OCH3 is 1. The van der Waals surface area contributed by atoms with E-state index in [1.165, 1.54) is 11.8 Å². The Morgan fingerprint density at radius 3 is 2.76 bits per heavy atom. The average molecular weight is 412 g/mol. The summed E-state index contributed by atoms with van der Waals surface area (Å²) in [7, 11) is 1.61. The molecule has 2 aliphatic heterocycles. The van der Waals surface area contributed by atoms with Crippen LogP contribution in [0.3, 0.4) is 0 Å². The molecule has 1 N–H and O–H groups in total. The molecule has 1 aromatic carbocycles. The smallest absolute Gasteiger partial charge is 0.274 e. The Balaban J connectivity index is 1.88. The molecule has 8 nitrogen and oxygen atoms in total. The van der Waals surface area contributed by atoms with Gasteiger partial charge in [0.05, 0.1) is 25.8 Å². The van der Waals surface area contributed by atoms with E-state index in [0.29, 0.717) is 32.1 Å². The Kier molecular flexibility index (Phi) is 5.16. The first kappa shape index (κ1) is 19.3. The maximum absolute atomic E-state index is 12.4. The number of carbonyl (C=O) groups is 2. The Labute approximate surface area is 173 Å². The molecule has 0 unspecified atom stereocenters. The van der Waals surface area contributed by atoms with Gasteiger partial charge in [-0.15, -0.1) is 0 Å². The lowest BCUT2D eigenvalue weighted by atomic mass is 10.1. The van der Waals surface area contributed by atoms with Gasteiger partial charge in [0, 0.05) is 37.0 Å². The van der Waals surface area contributed by atoms with Crippen LogP contribution in [0.1, 0.15) is 12.5 Å². The number of rotatable bonds is 3. The van der Waals surface area contributed by atoms with Crippen molar-refractivity contribution in [2.24, 2.45) is 0 Å². The van der Waals surface area contributed by atoms with Gasteiger partial charge < -0.3 is 14.4 Å². The van der Waals surface area contributed by atoms with E-state index in [-0.39, 0.29) is 16.7 Å². The summed E-state index contributed by atoms with van der Waals surface area (Å²) in [5.74, 6) is 0.696. The molecule has 9 heteroatoms. The molecule has 0 saturated carbocycles. The molecule has 0 radical (unpaired) electrons. The average Bonchev–Trinajstić information content (AvgIpc) is 3.00. The maximum atomic E-state index is 12.4. The van der Waals surface area contributed by atoms with Crippen LogP contribution in [0.15, 0.2) is 30.0 Å². The number of benzene rings is 1. The molecule has 0 aliphatic carbocycles. The predicted octanol–water partition coefficient (Wildman–Crippen LogP) is 1.68. The summed E-state index contributed by atoms with van der Waals surface area (Å²) in [6.07, 6.45) is 1.66. The summed E-state index contributed by atoms with van der Waals surface area (Å²) in [4.78, 5) is 32.6. The zero-order chi connectivity index (χ0) is 20.5. The molecule has 2 aromatic rings. The SMILES string of the molecule is COc1ccc2cc(/C=C3/C(=O)NC(=S)N3C(C)=O)c(N3CCOCC3)nc2c1. The van der Waals surface area contributed by atoms with Crippen molar-refractivity contribution in [1.82, 2.24) is 15.2 Å². The predicted molar refractivity (Wildman–Crippen MR) is 113 cm³/mol. The summed E-state index contributed by atoms with van der Waals surface area (Å²) < 4.78 is 10.8. The highest BCUT2D eigenvalue weighted by molar-refractivity contribution is 7.80. The summed E-state index contributed by atoms with van der Waals surface area (Å²) in [6.45, 7) is 3.92. The lowest BCUT2D eigenvalue weighted by Crippen LogP contribution is -2.37. The number of hydrogen-bond acceptors (Lipinski definition) is 7. The highest BCUT2D eigenvalue weighted by Gasteiger charge is 2.33.